The van der Waals surface area contributed by atoms with E-state index in [-0.39, 0.29) is 17.4 Å². The van der Waals surface area contributed by atoms with Gasteiger partial charge in [-0.1, -0.05) is 20.4 Å². The number of anilines is 1. The van der Waals surface area contributed by atoms with Crippen LogP contribution in [-0.2, 0) is 0 Å². The Bertz CT molecular complexity index is 662. The topological polar surface area (TPSA) is 86.9 Å². The molecule has 120 valence electrons. The van der Waals surface area contributed by atoms with E-state index in [0.717, 1.165) is 11.0 Å². The molecule has 0 spiro atoms. The Morgan fingerprint density at radius 1 is 1.50 bits per heavy atom. The number of hydrogen-bond acceptors (Lipinski definition) is 4. The quantitative estimate of drug-likeness (QED) is 0.790. The predicted molar refractivity (Wildman–Crippen MR) is 84.1 cm³/mol. The largest absolute Gasteiger partial charge is 0.402 e. The molecule has 1 unspecified atom stereocenters. The average Bonchev–Trinajstić information content (AvgIpc) is 2.45. The fourth-order valence-corrected chi connectivity index (χ4v) is 1.64. The summed E-state index contributed by atoms with van der Waals surface area (Å²) >= 11 is 0. The molecule has 1 aromatic heterocycles. The maximum Gasteiger partial charge on any atom is 0.354 e. The van der Waals surface area contributed by atoms with Gasteiger partial charge in [0.05, 0.1) is 5.70 Å². The van der Waals surface area contributed by atoms with Crippen molar-refractivity contribution in [1.82, 2.24) is 9.55 Å². The SMILES string of the molecule is C=C(/C(=C\C=C(\N)C(C)CC)C(F)F)n1ccc(N)nc1=O. The van der Waals surface area contributed by atoms with Gasteiger partial charge in [0.2, 0.25) is 0 Å². The first-order chi connectivity index (χ1) is 10.3. The lowest BCUT2D eigenvalue weighted by Crippen LogP contribution is -2.24. The molecule has 0 amide bonds. The van der Waals surface area contributed by atoms with Crippen molar-refractivity contribution >= 4 is 11.5 Å². The van der Waals surface area contributed by atoms with Crippen molar-refractivity contribution in [1.29, 1.82) is 0 Å². The Balaban J connectivity index is 3.21. The van der Waals surface area contributed by atoms with Gasteiger partial charge in [-0.15, -0.1) is 0 Å². The number of hydrogen-bond donors (Lipinski definition) is 2. The summed E-state index contributed by atoms with van der Waals surface area (Å²) in [6.45, 7) is 7.38. The van der Waals surface area contributed by atoms with Gasteiger partial charge in [-0.2, -0.15) is 4.98 Å². The maximum absolute atomic E-state index is 13.2. The van der Waals surface area contributed by atoms with Crippen LogP contribution in [0.4, 0.5) is 14.6 Å². The van der Waals surface area contributed by atoms with E-state index >= 15 is 0 Å². The van der Waals surface area contributed by atoms with Crippen molar-refractivity contribution in [3.8, 4) is 0 Å². The molecule has 5 nitrogen and oxygen atoms in total. The smallest absolute Gasteiger partial charge is 0.354 e. The standard InChI is InChI=1S/C15H20F2N4O/c1-4-9(2)12(18)6-5-11(14(16)17)10(3)21-8-7-13(19)20-15(21)22/h5-9,14H,3-4,18H2,1-2H3,(H2,19,20,22)/b11-5+,12-6+. The number of nitrogens with two attached hydrogens (primary N) is 2. The highest BCUT2D eigenvalue weighted by Gasteiger charge is 2.17. The highest BCUT2D eigenvalue weighted by atomic mass is 19.3. The monoisotopic (exact) mass is 310 g/mol. The fourth-order valence-electron chi connectivity index (χ4n) is 1.64. The minimum absolute atomic E-state index is 0.0116. The van der Waals surface area contributed by atoms with Gasteiger partial charge >= 0.3 is 5.69 Å². The average molecular weight is 310 g/mol. The number of alkyl halides is 2. The zero-order chi connectivity index (χ0) is 16.9. The van der Waals surface area contributed by atoms with Crippen molar-refractivity contribution in [2.24, 2.45) is 11.7 Å². The third-order valence-electron chi connectivity index (χ3n) is 3.32. The molecule has 0 bridgehead atoms. The molecule has 1 atom stereocenters. The van der Waals surface area contributed by atoms with Crippen molar-refractivity contribution in [2.75, 3.05) is 5.73 Å². The molecule has 0 aliphatic heterocycles. The third-order valence-corrected chi connectivity index (χ3v) is 3.32. The second kappa shape index (κ2) is 7.53. The van der Waals surface area contributed by atoms with Crippen LogP contribution in [0.2, 0.25) is 0 Å². The Labute approximate surface area is 127 Å². The van der Waals surface area contributed by atoms with E-state index in [2.05, 4.69) is 11.6 Å². The maximum atomic E-state index is 13.2. The molecule has 0 saturated carbocycles. The van der Waals surface area contributed by atoms with E-state index < -0.39 is 17.7 Å². The van der Waals surface area contributed by atoms with Crippen LogP contribution >= 0.6 is 0 Å². The molecule has 1 aromatic rings. The summed E-state index contributed by atoms with van der Waals surface area (Å²) in [6.07, 6.45) is 1.83. The first kappa shape index (κ1) is 17.6. The van der Waals surface area contributed by atoms with Crippen LogP contribution in [0.15, 0.2) is 47.1 Å². The number of nitrogens with zero attached hydrogens (tertiary/aromatic N) is 2. The number of nitrogen functional groups attached to an aromatic ring is 1. The van der Waals surface area contributed by atoms with Gasteiger partial charge in [-0.25, -0.2) is 13.6 Å². The second-order valence-electron chi connectivity index (χ2n) is 4.85. The van der Waals surface area contributed by atoms with Crippen molar-refractivity contribution in [2.45, 2.75) is 26.7 Å². The van der Waals surface area contributed by atoms with E-state index in [0.29, 0.717) is 5.70 Å². The summed E-state index contributed by atoms with van der Waals surface area (Å²) < 4.78 is 27.4. The van der Waals surface area contributed by atoms with Crippen molar-refractivity contribution in [3.05, 3.63) is 52.7 Å². The van der Waals surface area contributed by atoms with Crippen molar-refractivity contribution < 1.29 is 8.78 Å². The molecule has 0 radical (unpaired) electrons. The van der Waals surface area contributed by atoms with Gasteiger partial charge in [0.15, 0.2) is 0 Å². The van der Waals surface area contributed by atoms with Gasteiger partial charge in [-0.3, -0.25) is 4.57 Å². The summed E-state index contributed by atoms with van der Waals surface area (Å²) in [4.78, 5) is 15.2. The first-order valence-corrected chi connectivity index (χ1v) is 6.78. The lowest BCUT2D eigenvalue weighted by molar-refractivity contribution is 0.194. The Kier molecular flexibility index (Phi) is 6.03. The van der Waals surface area contributed by atoms with Crippen LogP contribution in [0.5, 0.6) is 0 Å². The van der Waals surface area contributed by atoms with Crippen LogP contribution in [0.25, 0.3) is 5.70 Å². The fraction of sp³-hybridized carbons (Fsp3) is 0.333. The molecule has 0 saturated heterocycles. The summed E-state index contributed by atoms with van der Waals surface area (Å²) in [5.74, 6) is 0.0851. The van der Waals surface area contributed by atoms with Gasteiger partial charge in [0, 0.05) is 17.5 Å². The predicted octanol–water partition coefficient (Wildman–Crippen LogP) is 2.38. The molecule has 1 rings (SSSR count). The molecule has 1 heterocycles. The summed E-state index contributed by atoms with van der Waals surface area (Å²) in [5, 5.41) is 0. The van der Waals surface area contributed by atoms with Crippen LogP contribution in [-0.4, -0.2) is 16.0 Å². The minimum atomic E-state index is -2.81. The molecule has 4 N–H and O–H groups in total. The van der Waals surface area contributed by atoms with E-state index in [1.807, 2.05) is 13.8 Å². The summed E-state index contributed by atoms with van der Waals surface area (Å²) in [7, 11) is 0. The molecular weight excluding hydrogens is 290 g/mol. The number of halogens is 2. The lowest BCUT2D eigenvalue weighted by Gasteiger charge is -2.12. The third kappa shape index (κ3) is 4.28. The molecule has 0 aliphatic rings. The first-order valence-electron chi connectivity index (χ1n) is 6.78. The van der Waals surface area contributed by atoms with E-state index in [1.54, 1.807) is 0 Å². The van der Waals surface area contributed by atoms with Gasteiger partial charge < -0.3 is 11.5 Å². The van der Waals surface area contributed by atoms with Crippen LogP contribution < -0.4 is 17.2 Å². The van der Waals surface area contributed by atoms with E-state index in [1.165, 1.54) is 24.4 Å². The van der Waals surface area contributed by atoms with Crippen LogP contribution in [0.3, 0.4) is 0 Å². The zero-order valence-corrected chi connectivity index (χ0v) is 12.6. The van der Waals surface area contributed by atoms with Gasteiger partial charge in [-0.05, 0) is 30.6 Å². The molecule has 0 aromatic carbocycles. The molecular formula is C15H20F2N4O. The van der Waals surface area contributed by atoms with Crippen molar-refractivity contribution in [3.63, 3.8) is 0 Å². The van der Waals surface area contributed by atoms with Gasteiger partial charge in [0.25, 0.3) is 6.43 Å². The zero-order valence-electron chi connectivity index (χ0n) is 12.6. The minimum Gasteiger partial charge on any atom is -0.402 e. The number of aromatic nitrogens is 2. The summed E-state index contributed by atoms with van der Waals surface area (Å²) in [5.41, 5.74) is 10.3. The second-order valence-corrected chi connectivity index (χ2v) is 4.85. The molecule has 0 fully saturated rings. The Morgan fingerprint density at radius 2 is 2.14 bits per heavy atom. The number of rotatable bonds is 6. The lowest BCUT2D eigenvalue weighted by atomic mass is 10.0. The molecule has 7 heteroatoms. The Hall–Kier alpha value is -2.44. The van der Waals surface area contributed by atoms with Gasteiger partial charge in [0.1, 0.15) is 5.82 Å². The Morgan fingerprint density at radius 3 is 2.64 bits per heavy atom. The number of allylic oxidation sites excluding steroid dienone is 5. The molecule has 22 heavy (non-hydrogen) atoms. The highest BCUT2D eigenvalue weighted by molar-refractivity contribution is 5.64. The molecule has 0 aliphatic carbocycles. The van der Waals surface area contributed by atoms with Crippen LogP contribution in [0.1, 0.15) is 20.3 Å². The van der Waals surface area contributed by atoms with Crippen LogP contribution in [0, 0.1) is 5.92 Å². The van der Waals surface area contributed by atoms with E-state index in [9.17, 15) is 13.6 Å². The normalized spacial score (nSPS) is 14.2. The summed E-state index contributed by atoms with van der Waals surface area (Å²) in [6, 6.07) is 1.33. The highest BCUT2D eigenvalue weighted by Crippen LogP contribution is 2.21. The van der Waals surface area contributed by atoms with E-state index in [4.69, 9.17) is 11.5 Å².